The molecule has 0 saturated carbocycles. The number of hydrogen-bond donors (Lipinski definition) is 0. The van der Waals surface area contributed by atoms with E-state index >= 15 is 0 Å². The molecule has 0 unspecified atom stereocenters. The molecule has 22 heavy (non-hydrogen) atoms. The number of cyclic esters (lactones) is 1. The van der Waals surface area contributed by atoms with Crippen LogP contribution in [0.1, 0.15) is 15.9 Å². The van der Waals surface area contributed by atoms with Crippen molar-refractivity contribution in [2.45, 2.75) is 0 Å². The molecule has 1 aromatic heterocycles. The van der Waals surface area contributed by atoms with E-state index in [0.29, 0.717) is 18.7 Å². The molecule has 1 aromatic carbocycles. The summed E-state index contributed by atoms with van der Waals surface area (Å²) < 4.78 is 6.56. The van der Waals surface area contributed by atoms with Crippen molar-refractivity contribution >= 4 is 23.6 Å². The van der Waals surface area contributed by atoms with Crippen LogP contribution in [0.2, 0.25) is 0 Å². The summed E-state index contributed by atoms with van der Waals surface area (Å²) in [6.07, 6.45) is 6.39. The van der Waals surface area contributed by atoms with Crippen LogP contribution in [0.4, 0.5) is 10.5 Å². The van der Waals surface area contributed by atoms with Gasteiger partial charge >= 0.3 is 6.09 Å². The molecule has 3 rings (SSSR count). The molecular formula is C16H15N3O3. The Labute approximate surface area is 127 Å². The van der Waals surface area contributed by atoms with E-state index in [1.165, 1.54) is 6.08 Å². The van der Waals surface area contributed by atoms with E-state index in [0.717, 1.165) is 11.3 Å². The third-order valence-electron chi connectivity index (χ3n) is 3.38. The minimum atomic E-state index is -0.351. The standard InChI is InChI=1S/C16H15N3O3/c1-18-11-12(10-17-18)2-7-15(20)13-3-5-14(6-4-13)19-8-9-22-16(19)21/h2-7,10-11H,8-9H2,1H3/b7-2+. The zero-order valence-corrected chi connectivity index (χ0v) is 12.1. The van der Waals surface area contributed by atoms with Gasteiger partial charge in [0, 0.05) is 30.1 Å². The number of hydrogen-bond acceptors (Lipinski definition) is 4. The van der Waals surface area contributed by atoms with Gasteiger partial charge in [-0.05, 0) is 36.4 Å². The van der Waals surface area contributed by atoms with Gasteiger partial charge in [-0.25, -0.2) is 4.79 Å². The van der Waals surface area contributed by atoms with E-state index in [1.807, 2.05) is 13.2 Å². The van der Waals surface area contributed by atoms with Crippen LogP contribution in [0.3, 0.4) is 0 Å². The maximum atomic E-state index is 12.1. The molecule has 1 fully saturated rings. The molecule has 1 saturated heterocycles. The number of aromatic nitrogens is 2. The molecule has 112 valence electrons. The highest BCUT2D eigenvalue weighted by molar-refractivity contribution is 6.07. The van der Waals surface area contributed by atoms with Gasteiger partial charge in [-0.2, -0.15) is 5.10 Å². The first-order valence-electron chi connectivity index (χ1n) is 6.89. The van der Waals surface area contributed by atoms with E-state index in [9.17, 15) is 9.59 Å². The average molecular weight is 297 g/mol. The van der Waals surface area contributed by atoms with Crippen LogP contribution in [0.25, 0.3) is 6.08 Å². The Balaban J connectivity index is 1.71. The normalized spacial score (nSPS) is 14.6. The van der Waals surface area contributed by atoms with Gasteiger partial charge in [-0.1, -0.05) is 0 Å². The summed E-state index contributed by atoms with van der Waals surface area (Å²) in [5, 5.41) is 4.03. The van der Waals surface area contributed by atoms with Crippen LogP contribution in [-0.4, -0.2) is 34.8 Å². The maximum absolute atomic E-state index is 12.1. The lowest BCUT2D eigenvalue weighted by Gasteiger charge is -2.12. The van der Waals surface area contributed by atoms with E-state index in [1.54, 1.807) is 46.1 Å². The molecule has 0 N–H and O–H groups in total. The SMILES string of the molecule is Cn1cc(/C=C/C(=O)c2ccc(N3CCOC3=O)cc2)cn1. The van der Waals surface area contributed by atoms with Gasteiger partial charge in [0.1, 0.15) is 6.61 Å². The number of ketones is 1. The van der Waals surface area contributed by atoms with Crippen LogP contribution in [0.5, 0.6) is 0 Å². The number of nitrogens with zero attached hydrogens (tertiary/aromatic N) is 3. The van der Waals surface area contributed by atoms with Crippen molar-refractivity contribution in [3.8, 4) is 0 Å². The smallest absolute Gasteiger partial charge is 0.414 e. The highest BCUT2D eigenvalue weighted by atomic mass is 16.6. The van der Waals surface area contributed by atoms with E-state index in [4.69, 9.17) is 4.74 Å². The third-order valence-corrected chi connectivity index (χ3v) is 3.38. The summed E-state index contributed by atoms with van der Waals surface area (Å²) in [7, 11) is 1.82. The molecule has 0 aliphatic carbocycles. The van der Waals surface area contributed by atoms with Crippen molar-refractivity contribution in [2.24, 2.45) is 7.05 Å². The number of anilines is 1. The highest BCUT2D eigenvalue weighted by Crippen LogP contribution is 2.19. The molecular weight excluding hydrogens is 282 g/mol. The quantitative estimate of drug-likeness (QED) is 0.641. The molecule has 1 amide bonds. The molecule has 1 aliphatic rings. The zero-order chi connectivity index (χ0) is 15.5. The number of allylic oxidation sites excluding steroid dienone is 1. The van der Waals surface area contributed by atoms with Crippen LogP contribution >= 0.6 is 0 Å². The Morgan fingerprint density at radius 3 is 2.68 bits per heavy atom. The number of ether oxygens (including phenoxy) is 1. The number of carbonyl (C=O) groups is 2. The maximum Gasteiger partial charge on any atom is 0.414 e. The van der Waals surface area contributed by atoms with Crippen molar-refractivity contribution in [1.82, 2.24) is 9.78 Å². The van der Waals surface area contributed by atoms with Gasteiger partial charge in [-0.3, -0.25) is 14.4 Å². The Kier molecular flexibility index (Phi) is 3.74. The average Bonchev–Trinajstić information content (AvgIpc) is 3.13. The number of aryl methyl sites for hydroxylation is 1. The second-order valence-corrected chi connectivity index (χ2v) is 4.96. The zero-order valence-electron chi connectivity index (χ0n) is 12.1. The summed E-state index contributed by atoms with van der Waals surface area (Å²) in [5.41, 5.74) is 2.17. The van der Waals surface area contributed by atoms with Crippen molar-refractivity contribution in [2.75, 3.05) is 18.1 Å². The summed E-state index contributed by atoms with van der Waals surface area (Å²) in [5.74, 6) is -0.0978. The topological polar surface area (TPSA) is 64.4 Å². The van der Waals surface area contributed by atoms with Crippen molar-refractivity contribution in [3.63, 3.8) is 0 Å². The molecule has 0 spiro atoms. The number of amides is 1. The Morgan fingerprint density at radius 1 is 1.32 bits per heavy atom. The predicted molar refractivity (Wildman–Crippen MR) is 81.7 cm³/mol. The second kappa shape index (κ2) is 5.85. The van der Waals surface area contributed by atoms with E-state index < -0.39 is 0 Å². The van der Waals surface area contributed by atoms with E-state index in [-0.39, 0.29) is 11.9 Å². The van der Waals surface area contributed by atoms with Gasteiger partial charge in [-0.15, -0.1) is 0 Å². The fraction of sp³-hybridized carbons (Fsp3) is 0.188. The predicted octanol–water partition coefficient (Wildman–Crippen LogP) is 2.27. The lowest BCUT2D eigenvalue weighted by Crippen LogP contribution is -2.23. The Morgan fingerprint density at radius 2 is 2.09 bits per heavy atom. The Bertz CT molecular complexity index is 731. The minimum Gasteiger partial charge on any atom is -0.447 e. The van der Waals surface area contributed by atoms with Crippen molar-refractivity contribution < 1.29 is 14.3 Å². The van der Waals surface area contributed by atoms with Gasteiger partial charge in [0.05, 0.1) is 12.7 Å². The fourth-order valence-electron chi connectivity index (χ4n) is 2.23. The number of rotatable bonds is 4. The monoisotopic (exact) mass is 297 g/mol. The van der Waals surface area contributed by atoms with Gasteiger partial charge < -0.3 is 4.74 Å². The summed E-state index contributed by atoms with van der Waals surface area (Å²) in [4.78, 5) is 25.1. The lowest BCUT2D eigenvalue weighted by molar-refractivity contribution is 0.104. The highest BCUT2D eigenvalue weighted by Gasteiger charge is 2.23. The summed E-state index contributed by atoms with van der Waals surface area (Å²) in [6, 6.07) is 6.91. The first kappa shape index (κ1) is 14.1. The first-order chi connectivity index (χ1) is 10.6. The Hall–Kier alpha value is -2.89. The first-order valence-corrected chi connectivity index (χ1v) is 6.89. The van der Waals surface area contributed by atoms with Gasteiger partial charge in [0.15, 0.2) is 5.78 Å². The minimum absolute atomic E-state index is 0.0978. The molecule has 6 nitrogen and oxygen atoms in total. The molecule has 2 heterocycles. The van der Waals surface area contributed by atoms with Gasteiger partial charge in [0.2, 0.25) is 0 Å². The second-order valence-electron chi connectivity index (χ2n) is 4.96. The van der Waals surface area contributed by atoms with Crippen LogP contribution in [0, 0.1) is 0 Å². The lowest BCUT2D eigenvalue weighted by atomic mass is 10.1. The third kappa shape index (κ3) is 2.90. The largest absolute Gasteiger partial charge is 0.447 e. The number of benzene rings is 1. The molecule has 2 aromatic rings. The van der Waals surface area contributed by atoms with E-state index in [2.05, 4.69) is 5.10 Å². The summed E-state index contributed by atoms with van der Waals surface area (Å²) >= 11 is 0. The molecule has 6 heteroatoms. The number of carbonyl (C=O) groups excluding carboxylic acids is 2. The summed E-state index contributed by atoms with van der Waals surface area (Å²) in [6.45, 7) is 0.931. The molecule has 0 bridgehead atoms. The van der Waals surface area contributed by atoms with Crippen LogP contribution < -0.4 is 4.90 Å². The fourth-order valence-corrected chi connectivity index (χ4v) is 2.23. The van der Waals surface area contributed by atoms with Gasteiger partial charge in [0.25, 0.3) is 0 Å². The van der Waals surface area contributed by atoms with Crippen molar-refractivity contribution in [3.05, 3.63) is 53.9 Å². The van der Waals surface area contributed by atoms with Crippen molar-refractivity contribution in [1.29, 1.82) is 0 Å². The molecule has 0 atom stereocenters. The molecule has 0 radical (unpaired) electrons. The van der Waals surface area contributed by atoms with Crippen LogP contribution in [-0.2, 0) is 11.8 Å². The van der Waals surface area contributed by atoms with Crippen LogP contribution in [0.15, 0.2) is 42.7 Å². The molecule has 1 aliphatic heterocycles.